The van der Waals surface area contributed by atoms with Crippen molar-refractivity contribution in [3.05, 3.63) is 49.3 Å². The summed E-state index contributed by atoms with van der Waals surface area (Å²) in [6.07, 6.45) is 2.98. The Bertz CT molecular complexity index is 1270. The fourth-order valence-corrected chi connectivity index (χ4v) is 5.92. The molecular weight excluding hydrogens is 530 g/mol. The molecule has 0 saturated heterocycles. The number of pyridine rings is 1. The van der Waals surface area contributed by atoms with E-state index in [0.29, 0.717) is 50.7 Å². The second-order valence-electron chi connectivity index (χ2n) is 10.1. The molecule has 0 bridgehead atoms. The van der Waals surface area contributed by atoms with Crippen molar-refractivity contribution in [3.8, 4) is 11.5 Å². The van der Waals surface area contributed by atoms with Gasteiger partial charge in [-0.25, -0.2) is 4.79 Å². The Kier molecular flexibility index (Phi) is 7.10. The van der Waals surface area contributed by atoms with E-state index >= 15 is 0 Å². The molecule has 2 aliphatic rings. The van der Waals surface area contributed by atoms with Gasteiger partial charge in [-0.15, -0.1) is 0 Å². The Morgan fingerprint density at radius 2 is 1.81 bits per heavy atom. The monoisotopic (exact) mass is 561 g/mol. The number of hydrogen-bond donors (Lipinski definition) is 3. The first kappa shape index (κ1) is 26.1. The maximum Gasteiger partial charge on any atom is 0.404 e. The van der Waals surface area contributed by atoms with Crippen LogP contribution >= 0.6 is 15.9 Å². The number of nitrogens with one attached hydrogen (secondary N) is 2. The summed E-state index contributed by atoms with van der Waals surface area (Å²) in [5.41, 5.74) is 2.48. The van der Waals surface area contributed by atoms with Crippen molar-refractivity contribution in [2.24, 2.45) is 5.92 Å². The highest BCUT2D eigenvalue weighted by atomic mass is 79.9. The molecule has 1 unspecified atom stereocenters. The first-order valence-electron chi connectivity index (χ1n) is 12.1. The van der Waals surface area contributed by atoms with Crippen molar-refractivity contribution in [3.63, 3.8) is 0 Å². The largest absolute Gasteiger partial charge is 0.465 e. The fraction of sp³-hybridized carbons (Fsp3) is 0.500. The Balaban J connectivity index is 1.53. The van der Waals surface area contributed by atoms with Crippen LogP contribution in [0.3, 0.4) is 0 Å². The van der Waals surface area contributed by atoms with Crippen molar-refractivity contribution in [1.29, 1.82) is 0 Å². The van der Waals surface area contributed by atoms with E-state index in [4.69, 9.17) is 14.6 Å². The number of rotatable bonds is 5. The lowest BCUT2D eigenvalue weighted by Crippen LogP contribution is -2.41. The SMILES string of the molecule is Cc1cc(C)c(N(C)C(=O)c2cc(Br)c3c(c2C)OC(C)(CC2CCC(NC(=O)O)CC2)O3)c(=O)[nH]1. The standard InChI is InChI=1S/C26H32BrN3O6/c1-13-10-14(2)28-23(31)20(13)30(5)24(32)18-11-19(27)22-21(15(18)3)35-26(4,36-22)12-16-6-8-17(9-7-16)29-25(33)34/h10-11,16-17,29H,6-9,12H2,1-5H3,(H,28,31)(H,33,34). The number of benzene rings is 1. The van der Waals surface area contributed by atoms with Crippen LogP contribution in [-0.4, -0.2) is 41.0 Å². The molecule has 4 rings (SSSR count). The van der Waals surface area contributed by atoms with Crippen LogP contribution in [0.1, 0.15) is 66.2 Å². The van der Waals surface area contributed by atoms with Gasteiger partial charge in [0, 0.05) is 43.3 Å². The molecule has 1 aliphatic heterocycles. The zero-order valence-corrected chi connectivity index (χ0v) is 22.7. The molecule has 1 aromatic heterocycles. The molecule has 1 atom stereocenters. The molecular formula is C26H32BrN3O6. The Morgan fingerprint density at radius 1 is 1.17 bits per heavy atom. The number of nitrogens with zero attached hydrogens (tertiary/aromatic N) is 1. The number of aromatic nitrogens is 1. The minimum atomic E-state index is -0.984. The van der Waals surface area contributed by atoms with E-state index in [-0.39, 0.29) is 17.5 Å². The molecule has 194 valence electrons. The molecule has 1 aliphatic carbocycles. The molecule has 2 heterocycles. The van der Waals surface area contributed by atoms with E-state index in [9.17, 15) is 14.4 Å². The summed E-state index contributed by atoms with van der Waals surface area (Å²) in [6.45, 7) is 7.31. The van der Waals surface area contributed by atoms with Crippen LogP contribution in [0.15, 0.2) is 21.4 Å². The fourth-order valence-electron chi connectivity index (χ4n) is 5.43. The van der Waals surface area contributed by atoms with Crippen molar-refractivity contribution >= 4 is 33.6 Å². The lowest BCUT2D eigenvalue weighted by molar-refractivity contribution is -0.0835. The predicted octanol–water partition coefficient (Wildman–Crippen LogP) is 5.04. The third kappa shape index (κ3) is 5.09. The second-order valence-corrected chi connectivity index (χ2v) is 10.9. The van der Waals surface area contributed by atoms with Crippen molar-refractivity contribution < 1.29 is 24.2 Å². The minimum absolute atomic E-state index is 0.0134. The molecule has 2 amide bonds. The number of anilines is 1. The number of carboxylic acid groups (broad SMARTS) is 1. The highest BCUT2D eigenvalue weighted by molar-refractivity contribution is 9.10. The van der Waals surface area contributed by atoms with Gasteiger partial charge in [0.2, 0.25) is 5.79 Å². The van der Waals surface area contributed by atoms with Crippen LogP contribution in [0.2, 0.25) is 0 Å². The number of ether oxygens (including phenoxy) is 2. The summed E-state index contributed by atoms with van der Waals surface area (Å²) in [4.78, 5) is 41.1. The van der Waals surface area contributed by atoms with E-state index < -0.39 is 11.9 Å². The van der Waals surface area contributed by atoms with Gasteiger partial charge in [-0.3, -0.25) is 9.59 Å². The van der Waals surface area contributed by atoms with Gasteiger partial charge >= 0.3 is 6.09 Å². The first-order valence-corrected chi connectivity index (χ1v) is 12.9. The van der Waals surface area contributed by atoms with E-state index in [2.05, 4.69) is 26.2 Å². The van der Waals surface area contributed by atoms with Gasteiger partial charge in [0.25, 0.3) is 11.5 Å². The van der Waals surface area contributed by atoms with Crippen molar-refractivity contribution in [2.75, 3.05) is 11.9 Å². The number of carbonyl (C=O) groups excluding carboxylic acids is 1. The van der Waals surface area contributed by atoms with Crippen LogP contribution in [0.5, 0.6) is 11.5 Å². The lowest BCUT2D eigenvalue weighted by atomic mass is 9.82. The molecule has 0 spiro atoms. The quantitative estimate of drug-likeness (QED) is 0.470. The van der Waals surface area contributed by atoms with Gasteiger partial charge in [0.15, 0.2) is 11.5 Å². The van der Waals surface area contributed by atoms with E-state index in [1.807, 2.05) is 19.9 Å². The molecule has 10 heteroatoms. The summed E-state index contributed by atoms with van der Waals surface area (Å²) in [7, 11) is 1.59. The molecule has 9 nitrogen and oxygen atoms in total. The molecule has 1 aromatic carbocycles. The predicted molar refractivity (Wildman–Crippen MR) is 139 cm³/mol. The highest BCUT2D eigenvalue weighted by Gasteiger charge is 2.42. The van der Waals surface area contributed by atoms with E-state index in [1.165, 1.54) is 4.90 Å². The van der Waals surface area contributed by atoms with E-state index in [1.54, 1.807) is 27.0 Å². The Labute approximate surface area is 218 Å². The first-order chi connectivity index (χ1) is 16.9. The number of carbonyl (C=O) groups is 2. The topological polar surface area (TPSA) is 121 Å². The Hall–Kier alpha value is -3.01. The molecule has 36 heavy (non-hydrogen) atoms. The highest BCUT2D eigenvalue weighted by Crippen LogP contribution is 2.50. The molecule has 1 saturated carbocycles. The Morgan fingerprint density at radius 3 is 2.42 bits per heavy atom. The average molecular weight is 562 g/mol. The van der Waals surface area contributed by atoms with E-state index in [0.717, 1.165) is 31.4 Å². The molecule has 0 radical (unpaired) electrons. The van der Waals surface area contributed by atoms with Crippen molar-refractivity contribution in [1.82, 2.24) is 10.3 Å². The number of aryl methyl sites for hydroxylation is 2. The number of aromatic amines is 1. The number of halogens is 1. The summed E-state index contributed by atoms with van der Waals surface area (Å²) in [6, 6.07) is 3.53. The third-order valence-corrected chi connectivity index (χ3v) is 7.70. The van der Waals surface area contributed by atoms with Gasteiger partial charge in [-0.2, -0.15) is 0 Å². The van der Waals surface area contributed by atoms with Crippen LogP contribution in [0, 0.1) is 26.7 Å². The average Bonchev–Trinajstić information content (AvgIpc) is 3.14. The minimum Gasteiger partial charge on any atom is -0.465 e. The van der Waals surface area contributed by atoms with Gasteiger partial charge in [-0.05, 0) is 86.0 Å². The molecule has 1 fully saturated rings. The second kappa shape index (κ2) is 9.80. The van der Waals surface area contributed by atoms with Gasteiger partial charge in [0.1, 0.15) is 5.69 Å². The maximum atomic E-state index is 13.5. The maximum absolute atomic E-state index is 13.5. The summed E-state index contributed by atoms with van der Waals surface area (Å²) in [5.74, 6) is 0.179. The zero-order valence-electron chi connectivity index (χ0n) is 21.2. The van der Waals surface area contributed by atoms with Crippen LogP contribution in [-0.2, 0) is 0 Å². The number of amides is 2. The number of hydrogen-bond acceptors (Lipinski definition) is 5. The van der Waals surface area contributed by atoms with Crippen molar-refractivity contribution in [2.45, 2.75) is 71.6 Å². The molecule has 3 N–H and O–H groups in total. The zero-order chi connectivity index (χ0) is 26.4. The normalized spacial score (nSPS) is 22.8. The van der Waals surface area contributed by atoms with Crippen LogP contribution in [0.4, 0.5) is 10.5 Å². The third-order valence-electron chi connectivity index (χ3n) is 7.11. The summed E-state index contributed by atoms with van der Waals surface area (Å²) < 4.78 is 13.2. The summed E-state index contributed by atoms with van der Waals surface area (Å²) in [5, 5.41) is 11.5. The van der Waals surface area contributed by atoms with Gasteiger partial charge in [-0.1, -0.05) is 0 Å². The smallest absolute Gasteiger partial charge is 0.404 e. The lowest BCUT2D eigenvalue weighted by Gasteiger charge is -2.33. The number of H-pyrrole nitrogens is 1. The number of fused-ring (bicyclic) bond motifs is 1. The summed E-state index contributed by atoms with van der Waals surface area (Å²) >= 11 is 3.54. The van der Waals surface area contributed by atoms with Crippen LogP contribution < -0.4 is 25.2 Å². The molecule has 2 aromatic rings. The van der Waals surface area contributed by atoms with Crippen LogP contribution in [0.25, 0.3) is 0 Å². The van der Waals surface area contributed by atoms with Gasteiger partial charge in [0.05, 0.1) is 4.47 Å². The van der Waals surface area contributed by atoms with Gasteiger partial charge < -0.3 is 29.8 Å².